The number of carbonyl (C=O) groups is 1. The predicted molar refractivity (Wildman–Crippen MR) is 67.8 cm³/mol. The lowest BCUT2D eigenvalue weighted by molar-refractivity contribution is -0.140. The van der Waals surface area contributed by atoms with Crippen LogP contribution in [0.1, 0.15) is 23.0 Å². The third-order valence-electron chi connectivity index (χ3n) is 3.13. The second-order valence-electron chi connectivity index (χ2n) is 4.52. The van der Waals surface area contributed by atoms with Gasteiger partial charge in [0.25, 0.3) is 0 Å². The number of rotatable bonds is 2. The lowest BCUT2D eigenvalue weighted by Crippen LogP contribution is -2.07. The van der Waals surface area contributed by atoms with E-state index >= 15 is 0 Å². The van der Waals surface area contributed by atoms with Crippen LogP contribution in [0.2, 0.25) is 0 Å². The number of aromatic amines is 1. The Bertz CT molecular complexity index is 831. The number of halogens is 3. The van der Waals surface area contributed by atoms with Crippen molar-refractivity contribution in [1.29, 1.82) is 0 Å². The Morgan fingerprint density at radius 1 is 1.29 bits per heavy atom. The van der Waals surface area contributed by atoms with Gasteiger partial charge in [-0.25, -0.2) is 4.52 Å². The molecule has 0 bridgehead atoms. The van der Waals surface area contributed by atoms with E-state index in [0.717, 1.165) is 6.20 Å². The molecule has 108 valence electrons. The molecule has 3 rings (SSSR count). The highest BCUT2D eigenvalue weighted by Gasteiger charge is 2.36. The van der Waals surface area contributed by atoms with Gasteiger partial charge in [-0.15, -0.1) is 0 Å². The molecule has 3 heterocycles. The van der Waals surface area contributed by atoms with Crippen LogP contribution in [0.25, 0.3) is 16.6 Å². The zero-order chi connectivity index (χ0) is 15.2. The average molecular weight is 294 g/mol. The SMILES string of the molecule is CC(=O)c1cnn2cc(-c3cn[nH]c3C(F)(F)F)ccc12. The number of aromatic nitrogens is 4. The van der Waals surface area contributed by atoms with Crippen molar-refractivity contribution in [3.8, 4) is 11.1 Å². The Morgan fingerprint density at radius 3 is 2.71 bits per heavy atom. The maximum absolute atomic E-state index is 12.9. The van der Waals surface area contributed by atoms with Crippen LogP contribution in [0.5, 0.6) is 0 Å². The van der Waals surface area contributed by atoms with E-state index in [4.69, 9.17) is 0 Å². The lowest BCUT2D eigenvalue weighted by atomic mass is 10.1. The topological polar surface area (TPSA) is 63.1 Å². The summed E-state index contributed by atoms with van der Waals surface area (Å²) in [6.07, 6.45) is -0.585. The van der Waals surface area contributed by atoms with E-state index in [1.807, 2.05) is 5.10 Å². The van der Waals surface area contributed by atoms with Gasteiger partial charge in [-0.2, -0.15) is 23.4 Å². The number of alkyl halides is 3. The minimum Gasteiger partial charge on any atom is -0.294 e. The van der Waals surface area contributed by atoms with Crippen molar-refractivity contribution in [3.63, 3.8) is 0 Å². The van der Waals surface area contributed by atoms with Crippen molar-refractivity contribution in [2.45, 2.75) is 13.1 Å². The molecule has 0 aliphatic heterocycles. The Balaban J connectivity index is 2.15. The Hall–Kier alpha value is -2.64. The van der Waals surface area contributed by atoms with E-state index in [1.165, 1.54) is 29.9 Å². The number of hydrogen-bond donors (Lipinski definition) is 1. The fourth-order valence-electron chi connectivity index (χ4n) is 2.14. The van der Waals surface area contributed by atoms with Crippen LogP contribution in [0.15, 0.2) is 30.7 Å². The number of nitrogens with zero attached hydrogens (tertiary/aromatic N) is 3. The largest absolute Gasteiger partial charge is 0.433 e. The van der Waals surface area contributed by atoms with Gasteiger partial charge in [-0.1, -0.05) is 6.07 Å². The van der Waals surface area contributed by atoms with Crippen molar-refractivity contribution < 1.29 is 18.0 Å². The maximum atomic E-state index is 12.9. The summed E-state index contributed by atoms with van der Waals surface area (Å²) in [5, 5.41) is 9.39. The second kappa shape index (κ2) is 4.44. The summed E-state index contributed by atoms with van der Waals surface area (Å²) in [5.41, 5.74) is 0.292. The highest BCUT2D eigenvalue weighted by atomic mass is 19.4. The summed E-state index contributed by atoms with van der Waals surface area (Å²) in [5.74, 6) is -0.156. The third-order valence-corrected chi connectivity index (χ3v) is 3.13. The molecule has 0 atom stereocenters. The number of H-pyrrole nitrogens is 1. The van der Waals surface area contributed by atoms with Gasteiger partial charge in [0.15, 0.2) is 5.78 Å². The Kier molecular flexibility index (Phi) is 2.82. The number of ketones is 1. The first-order valence-electron chi connectivity index (χ1n) is 5.97. The molecule has 0 aliphatic rings. The first kappa shape index (κ1) is 13.3. The van der Waals surface area contributed by atoms with Gasteiger partial charge < -0.3 is 0 Å². The summed E-state index contributed by atoms with van der Waals surface area (Å²) in [7, 11) is 0. The van der Waals surface area contributed by atoms with E-state index in [0.29, 0.717) is 16.6 Å². The number of hydrogen-bond acceptors (Lipinski definition) is 3. The molecule has 0 amide bonds. The van der Waals surface area contributed by atoms with Gasteiger partial charge >= 0.3 is 6.18 Å². The van der Waals surface area contributed by atoms with E-state index in [2.05, 4.69) is 10.2 Å². The number of nitrogens with one attached hydrogen (secondary N) is 1. The molecule has 3 aromatic rings. The van der Waals surface area contributed by atoms with E-state index < -0.39 is 11.9 Å². The fraction of sp³-hybridized carbons (Fsp3) is 0.154. The lowest BCUT2D eigenvalue weighted by Gasteiger charge is -2.07. The van der Waals surface area contributed by atoms with Crippen LogP contribution in [-0.2, 0) is 6.18 Å². The summed E-state index contributed by atoms with van der Waals surface area (Å²) >= 11 is 0. The molecule has 1 N–H and O–H groups in total. The molecule has 0 saturated heterocycles. The van der Waals surface area contributed by atoms with Gasteiger partial charge in [-0.3, -0.25) is 9.89 Å². The predicted octanol–water partition coefficient (Wildman–Crippen LogP) is 2.95. The minimum atomic E-state index is -4.52. The zero-order valence-electron chi connectivity index (χ0n) is 10.8. The van der Waals surface area contributed by atoms with Crippen LogP contribution in [-0.4, -0.2) is 25.6 Å². The van der Waals surface area contributed by atoms with Crippen LogP contribution >= 0.6 is 0 Å². The molecule has 0 fully saturated rings. The van der Waals surface area contributed by atoms with Crippen molar-refractivity contribution in [2.24, 2.45) is 0 Å². The van der Waals surface area contributed by atoms with Crippen LogP contribution in [0.3, 0.4) is 0 Å². The van der Waals surface area contributed by atoms with Gasteiger partial charge in [0.2, 0.25) is 0 Å². The van der Waals surface area contributed by atoms with Gasteiger partial charge in [0.1, 0.15) is 5.69 Å². The fourth-order valence-corrected chi connectivity index (χ4v) is 2.14. The van der Waals surface area contributed by atoms with Gasteiger partial charge in [0.05, 0.1) is 23.5 Å². The monoisotopic (exact) mass is 294 g/mol. The van der Waals surface area contributed by atoms with Crippen LogP contribution < -0.4 is 0 Å². The summed E-state index contributed by atoms with van der Waals surface area (Å²) < 4.78 is 39.9. The molecular formula is C13H9F3N4O. The molecule has 0 aliphatic carbocycles. The Labute approximate surface area is 116 Å². The standard InChI is InChI=1S/C13H9F3N4O/c1-7(21)9-5-18-20-6-8(2-3-11(9)20)10-4-17-19-12(10)13(14,15)16/h2-6H,1H3,(H,17,19). The molecule has 0 spiro atoms. The number of fused-ring (bicyclic) bond motifs is 1. The average Bonchev–Trinajstić information content (AvgIpc) is 3.04. The number of Topliss-reactive ketones (excluding diaryl/α,β-unsaturated/α-hetero) is 1. The second-order valence-corrected chi connectivity index (χ2v) is 4.52. The molecule has 0 unspecified atom stereocenters. The third kappa shape index (κ3) is 2.18. The van der Waals surface area contributed by atoms with E-state index in [-0.39, 0.29) is 11.3 Å². The summed E-state index contributed by atoms with van der Waals surface area (Å²) in [4.78, 5) is 11.4. The van der Waals surface area contributed by atoms with Gasteiger partial charge in [-0.05, 0) is 13.0 Å². The summed E-state index contributed by atoms with van der Waals surface area (Å²) in [6.45, 7) is 1.41. The molecule has 5 nitrogen and oxygen atoms in total. The quantitative estimate of drug-likeness (QED) is 0.739. The van der Waals surface area contributed by atoms with E-state index in [1.54, 1.807) is 6.07 Å². The van der Waals surface area contributed by atoms with Crippen molar-refractivity contribution in [1.82, 2.24) is 19.8 Å². The minimum absolute atomic E-state index is 0.0655. The Morgan fingerprint density at radius 2 is 2.05 bits per heavy atom. The van der Waals surface area contributed by atoms with Crippen molar-refractivity contribution in [3.05, 3.63) is 42.0 Å². The molecule has 0 saturated carbocycles. The number of pyridine rings is 1. The highest BCUT2D eigenvalue weighted by molar-refractivity contribution is 6.00. The van der Waals surface area contributed by atoms with Crippen LogP contribution in [0.4, 0.5) is 13.2 Å². The molecule has 0 aromatic carbocycles. The maximum Gasteiger partial charge on any atom is 0.433 e. The first-order chi connectivity index (χ1) is 9.88. The normalized spacial score (nSPS) is 12.0. The molecule has 3 aromatic heterocycles. The van der Waals surface area contributed by atoms with Crippen molar-refractivity contribution >= 4 is 11.3 Å². The van der Waals surface area contributed by atoms with Crippen LogP contribution in [0, 0.1) is 0 Å². The van der Waals surface area contributed by atoms with E-state index in [9.17, 15) is 18.0 Å². The smallest absolute Gasteiger partial charge is 0.294 e. The molecule has 8 heteroatoms. The zero-order valence-corrected chi connectivity index (χ0v) is 10.8. The first-order valence-corrected chi connectivity index (χ1v) is 5.97. The number of carbonyl (C=O) groups excluding carboxylic acids is 1. The molecular weight excluding hydrogens is 285 g/mol. The molecule has 21 heavy (non-hydrogen) atoms. The highest BCUT2D eigenvalue weighted by Crippen LogP contribution is 2.35. The summed E-state index contributed by atoms with van der Waals surface area (Å²) in [6, 6.07) is 3.07. The molecule has 0 radical (unpaired) electrons. The van der Waals surface area contributed by atoms with Gasteiger partial charge in [0, 0.05) is 17.3 Å². The van der Waals surface area contributed by atoms with Crippen molar-refractivity contribution in [2.75, 3.05) is 0 Å².